The van der Waals surface area contributed by atoms with Crippen molar-refractivity contribution in [3.8, 4) is 0 Å². The molecule has 0 spiro atoms. The second kappa shape index (κ2) is 11.6. The van der Waals surface area contributed by atoms with Crippen LogP contribution < -0.4 is 5.32 Å². The van der Waals surface area contributed by atoms with Crippen LogP contribution in [0.3, 0.4) is 0 Å². The van der Waals surface area contributed by atoms with Crippen molar-refractivity contribution >= 4 is 36.4 Å². The molecule has 150 valence electrons. The number of rotatable bonds is 6. The van der Waals surface area contributed by atoms with Crippen LogP contribution in [0, 0.1) is 0 Å². The monoisotopic (exact) mass is 428 g/mol. The summed E-state index contributed by atoms with van der Waals surface area (Å²) in [6.07, 6.45) is -1.39. The molecule has 1 aromatic carbocycles. The van der Waals surface area contributed by atoms with Crippen LogP contribution in [0.1, 0.15) is 5.56 Å². The minimum Gasteiger partial charge on any atom is -0.394 e. The van der Waals surface area contributed by atoms with Gasteiger partial charge in [-0.15, -0.1) is 24.8 Å². The molecule has 2 aliphatic heterocycles. The molecule has 2 saturated heterocycles. The summed E-state index contributed by atoms with van der Waals surface area (Å²) in [7, 11) is 0. The predicted octanol–water partition coefficient (Wildman–Crippen LogP) is 1.09. The van der Waals surface area contributed by atoms with Crippen molar-refractivity contribution in [1.29, 1.82) is 0 Å². The SMILES string of the molecule is Cl.Cl.OC[C@@H]1O[C@H](CNCc2cccc(Cl)c2)[C@H](N2CCOCC2)[C@@H]1O. The Morgan fingerprint density at radius 3 is 2.58 bits per heavy atom. The van der Waals surface area contributed by atoms with Crippen LogP contribution in [0.4, 0.5) is 0 Å². The Hall–Kier alpha value is -0.150. The molecule has 6 nitrogen and oxygen atoms in total. The largest absolute Gasteiger partial charge is 0.394 e. The second-order valence-electron chi connectivity index (χ2n) is 6.29. The first-order valence-electron chi connectivity index (χ1n) is 8.40. The number of hydrogen-bond donors (Lipinski definition) is 3. The van der Waals surface area contributed by atoms with Crippen molar-refractivity contribution in [1.82, 2.24) is 10.2 Å². The maximum Gasteiger partial charge on any atom is 0.109 e. The fourth-order valence-electron chi connectivity index (χ4n) is 3.48. The normalized spacial score (nSPS) is 29.0. The number of benzene rings is 1. The van der Waals surface area contributed by atoms with Crippen molar-refractivity contribution in [3.05, 3.63) is 34.9 Å². The quantitative estimate of drug-likeness (QED) is 0.629. The Balaban J connectivity index is 0.00000169. The molecule has 26 heavy (non-hydrogen) atoms. The van der Waals surface area contributed by atoms with Gasteiger partial charge in [0.1, 0.15) is 12.2 Å². The van der Waals surface area contributed by atoms with Gasteiger partial charge in [-0.3, -0.25) is 4.90 Å². The summed E-state index contributed by atoms with van der Waals surface area (Å²) < 4.78 is 11.3. The van der Waals surface area contributed by atoms with Gasteiger partial charge in [0.2, 0.25) is 0 Å². The van der Waals surface area contributed by atoms with Gasteiger partial charge < -0.3 is 25.0 Å². The van der Waals surface area contributed by atoms with Gasteiger partial charge >= 0.3 is 0 Å². The Morgan fingerprint density at radius 1 is 1.19 bits per heavy atom. The first-order chi connectivity index (χ1) is 11.7. The van der Waals surface area contributed by atoms with Crippen LogP contribution in [0.2, 0.25) is 5.02 Å². The van der Waals surface area contributed by atoms with Crippen LogP contribution in [0.25, 0.3) is 0 Å². The molecule has 0 unspecified atom stereocenters. The number of ether oxygens (including phenoxy) is 2. The van der Waals surface area contributed by atoms with E-state index in [2.05, 4.69) is 10.2 Å². The van der Waals surface area contributed by atoms with E-state index in [1.807, 2.05) is 24.3 Å². The molecule has 2 aliphatic rings. The number of aliphatic hydroxyl groups excluding tert-OH is 2. The van der Waals surface area contributed by atoms with Crippen molar-refractivity contribution in [2.45, 2.75) is 30.9 Å². The van der Waals surface area contributed by atoms with Crippen LogP contribution in [-0.2, 0) is 16.0 Å². The highest BCUT2D eigenvalue weighted by Crippen LogP contribution is 2.26. The van der Waals surface area contributed by atoms with Gasteiger partial charge in [0.25, 0.3) is 0 Å². The number of aliphatic hydroxyl groups is 2. The fourth-order valence-corrected chi connectivity index (χ4v) is 3.69. The molecule has 0 aliphatic carbocycles. The fraction of sp³-hybridized carbons (Fsp3) is 0.647. The van der Waals surface area contributed by atoms with E-state index in [4.69, 9.17) is 21.1 Å². The summed E-state index contributed by atoms with van der Waals surface area (Å²) in [5.41, 5.74) is 1.10. The standard InChI is InChI=1S/C17H25ClN2O4.2ClH/c18-13-3-1-2-12(8-13)9-19-10-14-16(17(22)15(11-21)24-14)20-4-6-23-7-5-20;;/h1-3,8,14-17,19,21-22H,4-7,9-11H2;2*1H/t14-,15+,16+,17-;;/m1../s1. The van der Waals surface area contributed by atoms with Crippen LogP contribution in [-0.4, -0.2) is 78.9 Å². The molecule has 0 amide bonds. The first kappa shape index (κ1) is 23.9. The molecule has 3 N–H and O–H groups in total. The minimum absolute atomic E-state index is 0. The van der Waals surface area contributed by atoms with E-state index in [1.54, 1.807) is 0 Å². The Labute approximate surface area is 171 Å². The van der Waals surface area contributed by atoms with E-state index < -0.39 is 12.2 Å². The molecule has 0 radical (unpaired) electrons. The van der Waals surface area contributed by atoms with Crippen molar-refractivity contribution in [3.63, 3.8) is 0 Å². The Morgan fingerprint density at radius 2 is 1.92 bits per heavy atom. The molecule has 3 rings (SSSR count). The van der Waals surface area contributed by atoms with E-state index in [0.717, 1.165) is 18.7 Å². The zero-order valence-corrected chi connectivity index (χ0v) is 16.8. The van der Waals surface area contributed by atoms with Gasteiger partial charge in [0.05, 0.1) is 32.0 Å². The summed E-state index contributed by atoms with van der Waals surface area (Å²) in [5, 5.41) is 24.0. The van der Waals surface area contributed by atoms with Crippen LogP contribution >= 0.6 is 36.4 Å². The smallest absolute Gasteiger partial charge is 0.109 e. The second-order valence-corrected chi connectivity index (χ2v) is 6.72. The van der Waals surface area contributed by atoms with Crippen molar-refractivity contribution in [2.24, 2.45) is 0 Å². The molecule has 1 aromatic rings. The highest BCUT2D eigenvalue weighted by atomic mass is 35.5. The molecule has 0 bridgehead atoms. The summed E-state index contributed by atoms with van der Waals surface area (Å²) in [5.74, 6) is 0. The maximum atomic E-state index is 10.5. The summed E-state index contributed by atoms with van der Waals surface area (Å²) >= 11 is 6.00. The van der Waals surface area contributed by atoms with Gasteiger partial charge in [-0.25, -0.2) is 0 Å². The van der Waals surface area contributed by atoms with E-state index >= 15 is 0 Å². The van der Waals surface area contributed by atoms with E-state index in [9.17, 15) is 10.2 Å². The zero-order chi connectivity index (χ0) is 16.9. The lowest BCUT2D eigenvalue weighted by Gasteiger charge is -2.36. The average Bonchev–Trinajstić information content (AvgIpc) is 2.91. The third-order valence-corrected chi connectivity index (χ3v) is 4.91. The number of morpholine rings is 1. The van der Waals surface area contributed by atoms with Gasteiger partial charge in [0, 0.05) is 31.2 Å². The average molecular weight is 430 g/mol. The molecule has 9 heteroatoms. The predicted molar refractivity (Wildman–Crippen MR) is 106 cm³/mol. The minimum atomic E-state index is -0.689. The van der Waals surface area contributed by atoms with Gasteiger partial charge in [-0.05, 0) is 17.7 Å². The third kappa shape index (κ3) is 5.92. The van der Waals surface area contributed by atoms with E-state index in [-0.39, 0.29) is 43.6 Å². The Bertz CT molecular complexity index is 534. The molecule has 2 heterocycles. The van der Waals surface area contributed by atoms with Crippen LogP contribution in [0.15, 0.2) is 24.3 Å². The molecule has 0 saturated carbocycles. The van der Waals surface area contributed by atoms with Crippen LogP contribution in [0.5, 0.6) is 0 Å². The summed E-state index contributed by atoms with van der Waals surface area (Å²) in [6, 6.07) is 7.58. The lowest BCUT2D eigenvalue weighted by atomic mass is 10.0. The summed E-state index contributed by atoms with van der Waals surface area (Å²) in [4.78, 5) is 2.20. The van der Waals surface area contributed by atoms with Crippen molar-refractivity contribution in [2.75, 3.05) is 39.5 Å². The lowest BCUT2D eigenvalue weighted by molar-refractivity contribution is -0.0225. The first-order valence-corrected chi connectivity index (χ1v) is 8.78. The molecule has 2 fully saturated rings. The number of nitrogens with zero attached hydrogens (tertiary/aromatic N) is 1. The maximum absolute atomic E-state index is 10.5. The molecule has 0 aromatic heterocycles. The summed E-state index contributed by atoms with van der Waals surface area (Å²) in [6.45, 7) is 3.97. The van der Waals surface area contributed by atoms with Gasteiger partial charge in [-0.2, -0.15) is 0 Å². The highest BCUT2D eigenvalue weighted by molar-refractivity contribution is 6.30. The third-order valence-electron chi connectivity index (χ3n) is 4.67. The molecular weight excluding hydrogens is 403 g/mol. The van der Waals surface area contributed by atoms with Gasteiger partial charge in [-0.1, -0.05) is 23.7 Å². The Kier molecular flexibility index (Phi) is 10.7. The lowest BCUT2D eigenvalue weighted by Crippen LogP contribution is -2.54. The van der Waals surface area contributed by atoms with E-state index in [0.29, 0.717) is 31.3 Å². The van der Waals surface area contributed by atoms with Gasteiger partial charge in [0.15, 0.2) is 0 Å². The molecular formula is C17H27Cl3N2O4. The number of halogens is 3. The zero-order valence-electron chi connectivity index (χ0n) is 14.4. The topological polar surface area (TPSA) is 74.2 Å². The number of hydrogen-bond acceptors (Lipinski definition) is 6. The molecule has 4 atom stereocenters. The number of nitrogens with one attached hydrogen (secondary N) is 1. The van der Waals surface area contributed by atoms with E-state index in [1.165, 1.54) is 0 Å². The highest BCUT2D eigenvalue weighted by Gasteiger charge is 2.46. The van der Waals surface area contributed by atoms with Crippen molar-refractivity contribution < 1.29 is 19.7 Å².